The number of hydrogen-bond acceptors (Lipinski definition) is 4. The zero-order valence-corrected chi connectivity index (χ0v) is 12.8. The zero-order valence-electron chi connectivity index (χ0n) is 12.0. The van der Waals surface area contributed by atoms with Crippen LogP contribution < -0.4 is 10.6 Å². The Kier molecular flexibility index (Phi) is 4.36. The van der Waals surface area contributed by atoms with Crippen molar-refractivity contribution in [3.8, 4) is 0 Å². The van der Waals surface area contributed by atoms with Crippen LogP contribution in [0.2, 0.25) is 0 Å². The summed E-state index contributed by atoms with van der Waals surface area (Å²) in [4.78, 5) is 16.6. The predicted octanol–water partition coefficient (Wildman–Crippen LogP) is 2.03. The minimum absolute atomic E-state index is 0.0280. The molecule has 2 N–H and O–H groups in total. The van der Waals surface area contributed by atoms with Crippen molar-refractivity contribution >= 4 is 17.2 Å². The van der Waals surface area contributed by atoms with E-state index >= 15 is 0 Å². The fourth-order valence-electron chi connectivity index (χ4n) is 3.48. The van der Waals surface area contributed by atoms with E-state index in [0.29, 0.717) is 12.6 Å². The maximum absolute atomic E-state index is 12.2. The number of fused-ring (bicyclic) bond motifs is 1. The van der Waals surface area contributed by atoms with Crippen LogP contribution in [0, 0.1) is 12.8 Å². The second kappa shape index (κ2) is 6.22. The number of thiazole rings is 1. The minimum atomic E-state index is 0.0280. The van der Waals surface area contributed by atoms with Gasteiger partial charge in [0.1, 0.15) is 0 Å². The first-order valence-electron chi connectivity index (χ1n) is 7.67. The summed E-state index contributed by atoms with van der Waals surface area (Å²) in [5.74, 6) is 0.895. The maximum atomic E-state index is 12.2. The number of hydrogen-bond donors (Lipinski definition) is 2. The van der Waals surface area contributed by atoms with Crippen LogP contribution in [0.5, 0.6) is 0 Å². The molecular formula is C15H23N3OS. The molecule has 1 saturated heterocycles. The van der Waals surface area contributed by atoms with Crippen molar-refractivity contribution in [1.29, 1.82) is 0 Å². The van der Waals surface area contributed by atoms with Crippen LogP contribution in [0.4, 0.5) is 0 Å². The third-order valence-electron chi connectivity index (χ3n) is 4.53. The van der Waals surface area contributed by atoms with E-state index in [0.717, 1.165) is 29.5 Å². The van der Waals surface area contributed by atoms with Gasteiger partial charge in [-0.1, -0.05) is 12.8 Å². The summed E-state index contributed by atoms with van der Waals surface area (Å²) < 4.78 is 0. The summed E-state index contributed by atoms with van der Waals surface area (Å²) in [6.45, 7) is 2.70. The van der Waals surface area contributed by atoms with Crippen molar-refractivity contribution < 1.29 is 4.79 Å². The molecule has 1 aliphatic heterocycles. The first-order valence-corrected chi connectivity index (χ1v) is 8.55. The van der Waals surface area contributed by atoms with Gasteiger partial charge in [0, 0.05) is 24.4 Å². The van der Waals surface area contributed by atoms with E-state index in [1.54, 1.807) is 11.3 Å². The third-order valence-corrected chi connectivity index (χ3v) is 5.35. The lowest BCUT2D eigenvalue weighted by Crippen LogP contribution is -2.43. The van der Waals surface area contributed by atoms with Crippen LogP contribution in [0.3, 0.4) is 0 Å². The second-order valence-corrected chi connectivity index (χ2v) is 7.07. The smallest absolute Gasteiger partial charge is 0.237 e. The van der Waals surface area contributed by atoms with Crippen LogP contribution >= 0.6 is 11.3 Å². The van der Waals surface area contributed by atoms with Gasteiger partial charge in [0.15, 0.2) is 0 Å². The molecule has 110 valence electrons. The Balaban J connectivity index is 1.43. The minimum Gasteiger partial charge on any atom is -0.354 e. The number of carbonyl (C=O) groups is 1. The SMILES string of the molecule is Cc1nc(CCNC(=O)C2CC3CCCCC3N2)cs1. The number of aromatic nitrogens is 1. The average molecular weight is 293 g/mol. The topological polar surface area (TPSA) is 54.0 Å². The Morgan fingerprint density at radius 2 is 2.35 bits per heavy atom. The number of rotatable bonds is 4. The van der Waals surface area contributed by atoms with Gasteiger partial charge in [-0.2, -0.15) is 0 Å². The molecule has 2 aliphatic rings. The highest BCUT2D eigenvalue weighted by atomic mass is 32.1. The molecule has 0 aromatic carbocycles. The van der Waals surface area contributed by atoms with Crippen molar-refractivity contribution in [3.05, 3.63) is 16.1 Å². The summed E-state index contributed by atoms with van der Waals surface area (Å²) in [6, 6.07) is 0.612. The zero-order chi connectivity index (χ0) is 13.9. The number of amides is 1. The highest BCUT2D eigenvalue weighted by Gasteiger charge is 2.37. The van der Waals surface area contributed by atoms with E-state index in [1.165, 1.54) is 25.7 Å². The molecule has 1 saturated carbocycles. The van der Waals surface area contributed by atoms with Crippen LogP contribution in [0.1, 0.15) is 42.8 Å². The molecule has 2 heterocycles. The van der Waals surface area contributed by atoms with Gasteiger partial charge in [0.25, 0.3) is 0 Å². The molecule has 1 aliphatic carbocycles. The number of aryl methyl sites for hydroxylation is 1. The van der Waals surface area contributed by atoms with Crippen molar-refractivity contribution in [2.75, 3.05) is 6.54 Å². The molecule has 3 unspecified atom stereocenters. The predicted molar refractivity (Wildman–Crippen MR) is 80.9 cm³/mol. The molecule has 1 amide bonds. The van der Waals surface area contributed by atoms with Gasteiger partial charge in [0.05, 0.1) is 16.7 Å². The van der Waals surface area contributed by atoms with Gasteiger partial charge in [-0.05, 0) is 32.1 Å². The quantitative estimate of drug-likeness (QED) is 0.893. The Labute approximate surface area is 124 Å². The fourth-order valence-corrected chi connectivity index (χ4v) is 4.13. The maximum Gasteiger partial charge on any atom is 0.237 e. The van der Waals surface area contributed by atoms with Gasteiger partial charge in [-0.3, -0.25) is 4.79 Å². The van der Waals surface area contributed by atoms with Crippen LogP contribution in [0.15, 0.2) is 5.38 Å². The summed E-state index contributed by atoms with van der Waals surface area (Å²) >= 11 is 1.67. The van der Waals surface area contributed by atoms with E-state index in [-0.39, 0.29) is 11.9 Å². The average Bonchev–Trinajstić information content (AvgIpc) is 3.04. The Morgan fingerprint density at radius 3 is 3.10 bits per heavy atom. The monoisotopic (exact) mass is 293 g/mol. The van der Waals surface area contributed by atoms with Gasteiger partial charge < -0.3 is 10.6 Å². The molecule has 20 heavy (non-hydrogen) atoms. The van der Waals surface area contributed by atoms with Crippen LogP contribution in [0.25, 0.3) is 0 Å². The normalized spacial score (nSPS) is 29.1. The van der Waals surface area contributed by atoms with Crippen LogP contribution in [-0.2, 0) is 11.2 Å². The molecule has 4 nitrogen and oxygen atoms in total. The van der Waals surface area contributed by atoms with Crippen molar-refractivity contribution in [2.24, 2.45) is 5.92 Å². The third kappa shape index (κ3) is 3.20. The molecule has 0 bridgehead atoms. The lowest BCUT2D eigenvalue weighted by atomic mass is 9.85. The summed E-state index contributed by atoms with van der Waals surface area (Å²) in [5.41, 5.74) is 1.08. The van der Waals surface area contributed by atoms with E-state index in [9.17, 15) is 4.79 Å². The molecular weight excluding hydrogens is 270 g/mol. The van der Waals surface area contributed by atoms with Gasteiger partial charge in [0.2, 0.25) is 5.91 Å². The van der Waals surface area contributed by atoms with E-state index in [2.05, 4.69) is 21.0 Å². The molecule has 3 rings (SSSR count). The van der Waals surface area contributed by atoms with Crippen molar-refractivity contribution in [1.82, 2.24) is 15.6 Å². The van der Waals surface area contributed by atoms with Crippen molar-refractivity contribution in [3.63, 3.8) is 0 Å². The molecule has 5 heteroatoms. The Hall–Kier alpha value is -0.940. The molecule has 0 radical (unpaired) electrons. The number of nitrogens with zero attached hydrogens (tertiary/aromatic N) is 1. The summed E-state index contributed by atoms with van der Waals surface area (Å²) in [5, 5.41) is 9.74. The lowest BCUT2D eigenvalue weighted by molar-refractivity contribution is -0.122. The molecule has 2 fully saturated rings. The highest BCUT2D eigenvalue weighted by molar-refractivity contribution is 7.09. The van der Waals surface area contributed by atoms with E-state index in [1.807, 2.05) is 6.92 Å². The number of nitrogens with one attached hydrogen (secondary N) is 2. The first kappa shape index (κ1) is 14.0. The summed E-state index contributed by atoms with van der Waals surface area (Å²) in [7, 11) is 0. The fraction of sp³-hybridized carbons (Fsp3) is 0.733. The van der Waals surface area contributed by atoms with Gasteiger partial charge >= 0.3 is 0 Å². The standard InChI is InChI=1S/C15H23N3OS/c1-10-17-12(9-20-10)6-7-16-15(19)14-8-11-4-2-3-5-13(11)18-14/h9,11,13-14,18H,2-8H2,1H3,(H,16,19). The molecule has 0 spiro atoms. The lowest BCUT2D eigenvalue weighted by Gasteiger charge is -2.24. The highest BCUT2D eigenvalue weighted by Crippen LogP contribution is 2.33. The van der Waals surface area contributed by atoms with Gasteiger partial charge in [-0.25, -0.2) is 4.98 Å². The Morgan fingerprint density at radius 1 is 1.50 bits per heavy atom. The number of carbonyl (C=O) groups excluding carboxylic acids is 1. The van der Waals surface area contributed by atoms with Crippen LogP contribution in [-0.4, -0.2) is 29.5 Å². The van der Waals surface area contributed by atoms with Gasteiger partial charge in [-0.15, -0.1) is 11.3 Å². The van der Waals surface area contributed by atoms with E-state index in [4.69, 9.17) is 0 Å². The molecule has 1 aromatic rings. The second-order valence-electron chi connectivity index (χ2n) is 6.00. The van der Waals surface area contributed by atoms with E-state index < -0.39 is 0 Å². The Bertz CT molecular complexity index is 459. The van der Waals surface area contributed by atoms with Crippen molar-refractivity contribution in [2.45, 2.75) is 57.5 Å². The first-order chi connectivity index (χ1) is 9.72. The molecule has 3 atom stereocenters. The summed E-state index contributed by atoms with van der Waals surface area (Å²) in [6.07, 6.45) is 7.03. The molecule has 1 aromatic heterocycles. The largest absolute Gasteiger partial charge is 0.354 e.